The Hall–Kier alpha value is -2.90. The maximum absolute atomic E-state index is 13.0. The van der Waals surface area contributed by atoms with Crippen LogP contribution in [0.1, 0.15) is 37.0 Å². The van der Waals surface area contributed by atoms with Crippen LogP contribution in [0.5, 0.6) is 5.75 Å². The molecule has 0 spiro atoms. The van der Waals surface area contributed by atoms with Gasteiger partial charge in [0.05, 0.1) is 19.1 Å². The van der Waals surface area contributed by atoms with Crippen molar-refractivity contribution in [2.75, 3.05) is 26.8 Å². The Morgan fingerprint density at radius 1 is 1.27 bits per heavy atom. The molecule has 0 saturated carbocycles. The van der Waals surface area contributed by atoms with Gasteiger partial charge in [-0.2, -0.15) is 5.10 Å². The molecular formula is C22H30N4O4. The molecule has 1 aromatic carbocycles. The third-order valence-electron chi connectivity index (χ3n) is 5.56. The second-order valence-electron chi connectivity index (χ2n) is 7.81. The lowest BCUT2D eigenvalue weighted by molar-refractivity contribution is -0.161. The number of aromatic nitrogens is 3. The van der Waals surface area contributed by atoms with E-state index in [1.165, 1.54) is 0 Å². The van der Waals surface area contributed by atoms with Gasteiger partial charge in [-0.05, 0) is 57.7 Å². The number of nitrogens with zero attached hydrogens (tertiary/aromatic N) is 4. The number of esters is 1. The van der Waals surface area contributed by atoms with Crippen molar-refractivity contribution >= 4 is 11.9 Å². The zero-order chi connectivity index (χ0) is 21.7. The fourth-order valence-electron chi connectivity index (χ4n) is 4.12. The summed E-state index contributed by atoms with van der Waals surface area (Å²) in [6.07, 6.45) is 1.91. The van der Waals surface area contributed by atoms with Crippen molar-refractivity contribution in [3.8, 4) is 5.75 Å². The lowest BCUT2D eigenvalue weighted by atomic mass is 9.75. The second kappa shape index (κ2) is 9.28. The summed E-state index contributed by atoms with van der Waals surface area (Å²) in [5.41, 5.74) is 0.211. The zero-order valence-corrected chi connectivity index (χ0v) is 18.2. The van der Waals surface area contributed by atoms with Gasteiger partial charge in [-0.15, -0.1) is 0 Å². The van der Waals surface area contributed by atoms with Crippen molar-refractivity contribution < 1.29 is 19.1 Å². The number of hydrogen-bond acceptors (Lipinski definition) is 6. The molecule has 0 radical (unpaired) electrons. The minimum atomic E-state index is -0.774. The number of ether oxygens (including phenoxy) is 2. The molecule has 3 rings (SSSR count). The van der Waals surface area contributed by atoms with Crippen LogP contribution < -0.4 is 4.74 Å². The van der Waals surface area contributed by atoms with E-state index in [1.807, 2.05) is 31.2 Å². The molecule has 0 N–H and O–H groups in total. The zero-order valence-electron chi connectivity index (χ0n) is 18.2. The van der Waals surface area contributed by atoms with Crippen LogP contribution in [-0.2, 0) is 27.3 Å². The predicted octanol–water partition coefficient (Wildman–Crippen LogP) is 2.32. The first kappa shape index (κ1) is 21.8. The molecule has 2 heterocycles. The second-order valence-corrected chi connectivity index (χ2v) is 7.81. The van der Waals surface area contributed by atoms with E-state index in [9.17, 15) is 9.59 Å². The first-order valence-electron chi connectivity index (χ1n) is 10.3. The lowest BCUT2D eigenvalue weighted by Crippen LogP contribution is -2.52. The molecule has 1 fully saturated rings. The van der Waals surface area contributed by atoms with Gasteiger partial charge in [0.25, 0.3) is 0 Å². The molecule has 1 saturated heterocycles. The molecule has 30 heavy (non-hydrogen) atoms. The highest BCUT2D eigenvalue weighted by molar-refractivity contribution is 5.81. The Bertz CT molecular complexity index is 910. The SMILES string of the molecule is CCOC(=O)C1(Cc2cccc(OC)c2)CCCN(C(=O)Cn2nc(C)nc2C)C1. The Balaban J connectivity index is 1.82. The fourth-order valence-corrected chi connectivity index (χ4v) is 4.12. The van der Waals surface area contributed by atoms with Gasteiger partial charge < -0.3 is 14.4 Å². The van der Waals surface area contributed by atoms with Crippen molar-refractivity contribution in [2.45, 2.75) is 46.6 Å². The molecule has 8 heteroatoms. The minimum Gasteiger partial charge on any atom is -0.497 e. The molecule has 1 unspecified atom stereocenters. The summed E-state index contributed by atoms with van der Waals surface area (Å²) in [6, 6.07) is 7.70. The monoisotopic (exact) mass is 414 g/mol. The van der Waals surface area contributed by atoms with E-state index in [2.05, 4.69) is 10.1 Å². The summed E-state index contributed by atoms with van der Waals surface area (Å²) in [4.78, 5) is 32.1. The number of piperidine rings is 1. The molecule has 2 aromatic rings. The van der Waals surface area contributed by atoms with Crippen LogP contribution in [0.15, 0.2) is 24.3 Å². The van der Waals surface area contributed by atoms with Gasteiger partial charge >= 0.3 is 5.97 Å². The molecule has 0 bridgehead atoms. The summed E-state index contributed by atoms with van der Waals surface area (Å²) in [7, 11) is 1.62. The van der Waals surface area contributed by atoms with Crippen molar-refractivity contribution in [3.05, 3.63) is 41.5 Å². The van der Waals surface area contributed by atoms with E-state index in [0.29, 0.717) is 44.2 Å². The number of benzene rings is 1. The Kier molecular flexibility index (Phi) is 6.74. The van der Waals surface area contributed by atoms with Gasteiger partial charge in [-0.3, -0.25) is 9.59 Å². The maximum atomic E-state index is 13.0. The Labute approximate surface area is 177 Å². The van der Waals surface area contributed by atoms with E-state index < -0.39 is 5.41 Å². The van der Waals surface area contributed by atoms with E-state index in [0.717, 1.165) is 17.7 Å². The van der Waals surface area contributed by atoms with E-state index >= 15 is 0 Å². The van der Waals surface area contributed by atoms with Crippen molar-refractivity contribution in [3.63, 3.8) is 0 Å². The number of likely N-dealkylation sites (tertiary alicyclic amines) is 1. The van der Waals surface area contributed by atoms with Crippen LogP contribution >= 0.6 is 0 Å². The smallest absolute Gasteiger partial charge is 0.314 e. The van der Waals surface area contributed by atoms with Gasteiger partial charge in [-0.1, -0.05) is 12.1 Å². The largest absolute Gasteiger partial charge is 0.497 e. The minimum absolute atomic E-state index is 0.0676. The average Bonchev–Trinajstić information content (AvgIpc) is 3.05. The molecule has 1 atom stereocenters. The van der Waals surface area contributed by atoms with E-state index in [1.54, 1.807) is 30.5 Å². The summed E-state index contributed by atoms with van der Waals surface area (Å²) >= 11 is 0. The van der Waals surface area contributed by atoms with E-state index in [4.69, 9.17) is 9.47 Å². The Morgan fingerprint density at radius 3 is 2.73 bits per heavy atom. The maximum Gasteiger partial charge on any atom is 0.314 e. The van der Waals surface area contributed by atoms with Crippen LogP contribution in [0, 0.1) is 19.3 Å². The molecular weight excluding hydrogens is 384 g/mol. The summed E-state index contributed by atoms with van der Waals surface area (Å²) in [5, 5.41) is 4.29. The molecule has 1 aliphatic heterocycles. The molecule has 162 valence electrons. The van der Waals surface area contributed by atoms with Crippen LogP contribution in [0.2, 0.25) is 0 Å². The van der Waals surface area contributed by atoms with Gasteiger partial charge in [0.15, 0.2) is 0 Å². The van der Waals surface area contributed by atoms with Crippen molar-refractivity contribution in [2.24, 2.45) is 5.41 Å². The van der Waals surface area contributed by atoms with Gasteiger partial charge in [0.1, 0.15) is 23.9 Å². The summed E-state index contributed by atoms with van der Waals surface area (Å²) in [6.45, 7) is 6.80. The third kappa shape index (κ3) is 4.80. The number of hydrogen-bond donors (Lipinski definition) is 0. The molecule has 1 aliphatic rings. The van der Waals surface area contributed by atoms with Crippen LogP contribution in [0.25, 0.3) is 0 Å². The molecule has 8 nitrogen and oxygen atoms in total. The number of rotatable bonds is 7. The van der Waals surface area contributed by atoms with Gasteiger partial charge in [-0.25, -0.2) is 9.67 Å². The quantitative estimate of drug-likeness (QED) is 0.647. The third-order valence-corrected chi connectivity index (χ3v) is 5.56. The summed E-state index contributed by atoms with van der Waals surface area (Å²) in [5.74, 6) is 1.76. The fraction of sp³-hybridized carbons (Fsp3) is 0.545. The van der Waals surface area contributed by atoms with Gasteiger partial charge in [0.2, 0.25) is 5.91 Å². The van der Waals surface area contributed by atoms with Crippen molar-refractivity contribution in [1.82, 2.24) is 19.7 Å². The first-order valence-corrected chi connectivity index (χ1v) is 10.3. The highest BCUT2D eigenvalue weighted by Gasteiger charge is 2.44. The molecule has 1 amide bonds. The number of carbonyl (C=O) groups excluding carboxylic acids is 2. The number of carbonyl (C=O) groups is 2. The molecule has 1 aromatic heterocycles. The normalized spacial score (nSPS) is 18.9. The summed E-state index contributed by atoms with van der Waals surface area (Å²) < 4.78 is 12.4. The topological polar surface area (TPSA) is 86.5 Å². The average molecular weight is 415 g/mol. The molecule has 0 aliphatic carbocycles. The predicted molar refractivity (Wildman–Crippen MR) is 111 cm³/mol. The standard InChI is InChI=1S/C22H30N4O4/c1-5-30-21(28)22(13-18-8-6-9-19(12-18)29-4)10-7-11-25(15-22)20(27)14-26-17(3)23-16(2)24-26/h6,8-9,12H,5,7,10-11,13-15H2,1-4H3. The van der Waals surface area contributed by atoms with Crippen LogP contribution in [0.3, 0.4) is 0 Å². The lowest BCUT2D eigenvalue weighted by Gasteiger charge is -2.41. The Morgan fingerprint density at radius 2 is 2.07 bits per heavy atom. The van der Waals surface area contributed by atoms with Crippen molar-refractivity contribution in [1.29, 1.82) is 0 Å². The number of amides is 1. The van der Waals surface area contributed by atoms with Gasteiger partial charge in [0, 0.05) is 13.1 Å². The van der Waals surface area contributed by atoms with Crippen LogP contribution in [-0.4, -0.2) is 58.3 Å². The van der Waals surface area contributed by atoms with E-state index in [-0.39, 0.29) is 18.4 Å². The first-order chi connectivity index (χ1) is 14.4. The number of aryl methyl sites for hydroxylation is 2. The highest BCUT2D eigenvalue weighted by Crippen LogP contribution is 2.36. The number of methoxy groups -OCH3 is 1. The van der Waals surface area contributed by atoms with Crippen LogP contribution in [0.4, 0.5) is 0 Å². The highest BCUT2D eigenvalue weighted by atomic mass is 16.5.